The van der Waals surface area contributed by atoms with Crippen molar-refractivity contribution in [3.63, 3.8) is 0 Å². The molecule has 0 spiro atoms. The van der Waals surface area contributed by atoms with Gasteiger partial charge in [-0.2, -0.15) is 0 Å². The lowest BCUT2D eigenvalue weighted by molar-refractivity contribution is -0.148. The molecular formula is C25H27ClFN5O3S. The first-order valence-corrected chi connectivity index (χ1v) is 13.7. The van der Waals surface area contributed by atoms with Gasteiger partial charge in [0.15, 0.2) is 5.15 Å². The van der Waals surface area contributed by atoms with Crippen molar-refractivity contribution in [2.75, 3.05) is 19.6 Å². The largest absolute Gasteiger partial charge is 0.350 e. The van der Waals surface area contributed by atoms with Crippen LogP contribution in [0.3, 0.4) is 0 Å². The molecule has 1 aromatic heterocycles. The molecule has 2 aromatic rings. The molecular weight excluding hydrogens is 505 g/mol. The van der Waals surface area contributed by atoms with Gasteiger partial charge in [0.2, 0.25) is 5.91 Å². The quantitative estimate of drug-likeness (QED) is 0.571. The number of thiazole rings is 1. The summed E-state index contributed by atoms with van der Waals surface area (Å²) in [6.45, 7) is 1.64. The first-order chi connectivity index (χ1) is 17.4. The Morgan fingerprint density at radius 1 is 1.22 bits per heavy atom. The Hall–Kier alpha value is -2.56. The number of hydrazine groups is 1. The van der Waals surface area contributed by atoms with E-state index in [-0.39, 0.29) is 41.2 Å². The number of amides is 3. The van der Waals surface area contributed by atoms with E-state index in [0.717, 1.165) is 37.1 Å². The number of nitrogens with zero attached hydrogens (tertiary/aromatic N) is 3. The van der Waals surface area contributed by atoms with Crippen LogP contribution in [-0.2, 0) is 16.1 Å². The molecule has 2 aliphatic heterocycles. The van der Waals surface area contributed by atoms with Gasteiger partial charge in [0.1, 0.15) is 16.7 Å². The Morgan fingerprint density at radius 3 is 2.78 bits per heavy atom. The van der Waals surface area contributed by atoms with Crippen LogP contribution in [0, 0.1) is 17.7 Å². The first-order valence-electron chi connectivity index (χ1n) is 12.5. The highest BCUT2D eigenvalue weighted by Crippen LogP contribution is 2.43. The van der Waals surface area contributed by atoms with Gasteiger partial charge in [-0.3, -0.25) is 19.4 Å². The normalized spacial score (nSPS) is 22.6. The number of rotatable bonds is 7. The lowest BCUT2D eigenvalue weighted by Crippen LogP contribution is -2.48. The molecule has 11 heteroatoms. The minimum absolute atomic E-state index is 0.125. The Labute approximate surface area is 217 Å². The molecule has 190 valence electrons. The number of carbonyl (C=O) groups excluding carboxylic acids is 3. The molecule has 8 nitrogen and oxygen atoms in total. The maximum Gasteiger partial charge on any atom is 0.264 e. The van der Waals surface area contributed by atoms with Gasteiger partial charge >= 0.3 is 0 Å². The molecule has 3 heterocycles. The lowest BCUT2D eigenvalue weighted by atomic mass is 9.97. The van der Waals surface area contributed by atoms with Crippen molar-refractivity contribution in [2.24, 2.45) is 11.8 Å². The highest BCUT2D eigenvalue weighted by molar-refractivity contribution is 7.14. The van der Waals surface area contributed by atoms with Crippen molar-refractivity contribution < 1.29 is 18.8 Å². The molecule has 1 aromatic carbocycles. The van der Waals surface area contributed by atoms with Gasteiger partial charge in [0.25, 0.3) is 11.8 Å². The topological polar surface area (TPSA) is 94.6 Å². The summed E-state index contributed by atoms with van der Waals surface area (Å²) in [6.07, 6.45) is 4.69. The fourth-order valence-corrected chi connectivity index (χ4v) is 6.55. The van der Waals surface area contributed by atoms with Crippen molar-refractivity contribution in [1.29, 1.82) is 0 Å². The monoisotopic (exact) mass is 531 g/mol. The van der Waals surface area contributed by atoms with Crippen LogP contribution in [0.1, 0.15) is 69.9 Å². The van der Waals surface area contributed by atoms with E-state index in [1.54, 1.807) is 17.1 Å². The smallest absolute Gasteiger partial charge is 0.264 e. The molecule has 36 heavy (non-hydrogen) atoms. The van der Waals surface area contributed by atoms with Crippen molar-refractivity contribution >= 4 is 40.7 Å². The van der Waals surface area contributed by atoms with Crippen molar-refractivity contribution in [1.82, 2.24) is 25.6 Å². The number of carbonyl (C=O) groups is 3. The summed E-state index contributed by atoms with van der Waals surface area (Å²) in [5.74, 6) is -1.26. The summed E-state index contributed by atoms with van der Waals surface area (Å²) in [7, 11) is 0. The Morgan fingerprint density at radius 2 is 2.03 bits per heavy atom. The SMILES string of the molecule is O=C(NCC(C(=O)N[C@@H]1C(=O)N2CCCN2Cc2c(F)cccc21)C1CC1)c1sc(C2CC2)nc1Cl. The second kappa shape index (κ2) is 9.39. The van der Waals surface area contributed by atoms with Gasteiger partial charge in [-0.05, 0) is 49.7 Å². The van der Waals surface area contributed by atoms with Crippen molar-refractivity contribution in [2.45, 2.75) is 50.6 Å². The maximum atomic E-state index is 14.8. The molecule has 3 fully saturated rings. The van der Waals surface area contributed by atoms with Crippen LogP contribution in [0.4, 0.5) is 4.39 Å². The molecule has 3 amide bonds. The number of hydrogen-bond acceptors (Lipinski definition) is 6. The van der Waals surface area contributed by atoms with Crippen LogP contribution < -0.4 is 10.6 Å². The summed E-state index contributed by atoms with van der Waals surface area (Å²) in [4.78, 5) is 44.5. The fourth-order valence-electron chi connectivity index (χ4n) is 5.16. The van der Waals surface area contributed by atoms with Gasteiger partial charge in [-0.1, -0.05) is 23.7 Å². The Bertz CT molecular complexity index is 1230. The number of hydrogen-bond donors (Lipinski definition) is 2. The third-order valence-corrected chi connectivity index (χ3v) is 9.07. The van der Waals surface area contributed by atoms with E-state index in [1.165, 1.54) is 17.4 Å². The van der Waals surface area contributed by atoms with E-state index in [2.05, 4.69) is 15.6 Å². The average Bonchev–Trinajstić information content (AvgIpc) is 3.79. The molecule has 2 saturated carbocycles. The second-order valence-corrected chi connectivity index (χ2v) is 11.4. The zero-order chi connectivity index (χ0) is 25.0. The van der Waals surface area contributed by atoms with Crippen LogP contribution >= 0.6 is 22.9 Å². The third-order valence-electron chi connectivity index (χ3n) is 7.47. The number of benzene rings is 1. The molecule has 2 N–H and O–H groups in total. The maximum absolute atomic E-state index is 14.8. The molecule has 0 bridgehead atoms. The van der Waals surface area contributed by atoms with E-state index in [4.69, 9.17) is 11.6 Å². The number of aromatic nitrogens is 1. The highest BCUT2D eigenvalue weighted by Gasteiger charge is 2.42. The summed E-state index contributed by atoms with van der Waals surface area (Å²) in [5, 5.41) is 10.3. The summed E-state index contributed by atoms with van der Waals surface area (Å²) in [5.41, 5.74) is 0.925. The average molecular weight is 532 g/mol. The predicted octanol–water partition coefficient (Wildman–Crippen LogP) is 3.39. The molecule has 6 rings (SSSR count). The third kappa shape index (κ3) is 4.50. The predicted molar refractivity (Wildman–Crippen MR) is 132 cm³/mol. The number of halogens is 2. The molecule has 2 aliphatic carbocycles. The standard InChI is InChI=1S/C25H27ClFN5O3S/c26-21-20(36-24(30-21)14-7-8-14)23(34)28-11-16(13-5-6-13)22(33)29-19-15-3-1-4-18(27)17(15)12-31-9-2-10-32(31)25(19)35/h1,3-4,13-14,16,19H,2,5-12H2,(H,28,34)(H,29,33)/t16?,19-/m0/s1. The van der Waals surface area contributed by atoms with Gasteiger partial charge in [0, 0.05) is 37.7 Å². The first kappa shape index (κ1) is 23.8. The minimum Gasteiger partial charge on any atom is -0.350 e. The summed E-state index contributed by atoms with van der Waals surface area (Å²) < 4.78 is 14.8. The van der Waals surface area contributed by atoms with Gasteiger partial charge < -0.3 is 10.6 Å². The zero-order valence-corrected chi connectivity index (χ0v) is 21.2. The molecule has 1 saturated heterocycles. The second-order valence-electron chi connectivity index (χ2n) is 10.1. The van der Waals surface area contributed by atoms with Crippen LogP contribution in [0.5, 0.6) is 0 Å². The Balaban J connectivity index is 1.19. The van der Waals surface area contributed by atoms with Crippen LogP contribution in [0.2, 0.25) is 5.15 Å². The summed E-state index contributed by atoms with van der Waals surface area (Å²) in [6, 6.07) is 3.69. The lowest BCUT2D eigenvalue weighted by Gasteiger charge is -2.28. The van der Waals surface area contributed by atoms with Gasteiger partial charge in [0.05, 0.1) is 10.9 Å². The molecule has 2 atom stereocenters. The van der Waals surface area contributed by atoms with E-state index >= 15 is 0 Å². The van der Waals surface area contributed by atoms with Crippen LogP contribution in [0.25, 0.3) is 0 Å². The zero-order valence-electron chi connectivity index (χ0n) is 19.6. The van der Waals surface area contributed by atoms with Crippen LogP contribution in [-0.4, -0.2) is 52.4 Å². The molecule has 4 aliphatic rings. The van der Waals surface area contributed by atoms with Crippen LogP contribution in [0.15, 0.2) is 18.2 Å². The van der Waals surface area contributed by atoms with E-state index < -0.39 is 12.0 Å². The van der Waals surface area contributed by atoms with Crippen molar-refractivity contribution in [3.8, 4) is 0 Å². The van der Waals surface area contributed by atoms with Crippen molar-refractivity contribution in [3.05, 3.63) is 50.2 Å². The minimum atomic E-state index is -0.972. The Kier molecular flexibility index (Phi) is 6.21. The summed E-state index contributed by atoms with van der Waals surface area (Å²) >= 11 is 7.52. The van der Waals surface area contributed by atoms with Gasteiger partial charge in [-0.15, -0.1) is 11.3 Å². The number of nitrogens with one attached hydrogen (secondary N) is 2. The van der Waals surface area contributed by atoms with Gasteiger partial charge in [-0.25, -0.2) is 14.4 Å². The number of fused-ring (bicyclic) bond motifs is 2. The molecule has 1 unspecified atom stereocenters. The van der Waals surface area contributed by atoms with E-state index in [0.29, 0.717) is 41.6 Å². The van der Waals surface area contributed by atoms with E-state index in [1.807, 2.05) is 5.01 Å². The van der Waals surface area contributed by atoms with E-state index in [9.17, 15) is 18.8 Å². The fraction of sp³-hybridized carbons (Fsp3) is 0.520. The highest BCUT2D eigenvalue weighted by atomic mass is 35.5. The molecule has 0 radical (unpaired) electrons.